The number of phenols is 1. The number of aryl methyl sites for hydroxylation is 1. The van der Waals surface area contributed by atoms with Gasteiger partial charge in [-0.25, -0.2) is 4.98 Å². The van der Waals surface area contributed by atoms with Crippen LogP contribution in [0.2, 0.25) is 0 Å². The van der Waals surface area contributed by atoms with E-state index in [4.69, 9.17) is 4.74 Å². The first-order valence-electron chi connectivity index (χ1n) is 21.5. The number of hydrogen-bond acceptors (Lipinski definition) is 24. The van der Waals surface area contributed by atoms with Crippen molar-refractivity contribution in [2.75, 3.05) is 12.4 Å². The number of thiazole rings is 1. The average molecular weight is 1220 g/mol. The molecule has 0 aliphatic carbocycles. The van der Waals surface area contributed by atoms with Crippen molar-refractivity contribution in [3.8, 4) is 34.3 Å². The van der Waals surface area contributed by atoms with Gasteiger partial charge in [0.2, 0.25) is 11.0 Å². The quantitative estimate of drug-likeness (QED) is 0.0173. The third kappa shape index (κ3) is 13.4. The molecule has 2 aromatic heterocycles. The molecule has 1 atom stereocenters. The zero-order valence-electron chi connectivity index (χ0n) is 39.4. The Morgan fingerprint density at radius 1 is 0.671 bits per heavy atom. The van der Waals surface area contributed by atoms with Gasteiger partial charge in [-0.3, -0.25) is 27.0 Å². The van der Waals surface area contributed by atoms with Gasteiger partial charge >= 0.3 is 0 Å². The Morgan fingerprint density at radius 3 is 1.91 bits per heavy atom. The summed E-state index contributed by atoms with van der Waals surface area (Å²) in [7, 11) is -24.8. The lowest BCUT2D eigenvalue weighted by atomic mass is 10.1. The van der Waals surface area contributed by atoms with E-state index < -0.39 is 121 Å². The molecule has 29 nitrogen and oxygen atoms in total. The third-order valence-electron chi connectivity index (χ3n) is 10.8. The lowest BCUT2D eigenvalue weighted by Crippen LogP contribution is -2.08. The van der Waals surface area contributed by atoms with Gasteiger partial charge in [0.05, 0.1) is 38.2 Å². The standard InChI is InChI=1S/C43H35N9O20S7/c1-22-14-33(34(72-12-5-13-75(57,58)59)20-32(22)47-50-43-44-38-35(73-43)15-23(21-74(55)56)16-36(38)78(66,67)68)48-45-30-10-9-29-28(40(30)53)8-11-31(41(29)79(69,70)71)46-49-39-37(24-6-3-2-4-7-24)51-52(42(39)54)25-17-26(76(60,61)62)19-27(18-25)77(63,64)65/h2-4,6-11,14-20,53-54H,5,12-13,21H2,1H3,(H,55,56)(H,57,58,59)(H,60,61,62)(H,63,64,65)(H,66,67,68)(H,69,70,71)/p-1. The van der Waals surface area contributed by atoms with E-state index in [0.717, 1.165) is 41.7 Å². The number of rotatable bonds is 19. The van der Waals surface area contributed by atoms with Crippen LogP contribution < -0.4 is 4.74 Å². The van der Waals surface area contributed by atoms with Crippen LogP contribution in [0.5, 0.6) is 17.4 Å². The minimum atomic E-state index is -5.28. The predicted molar refractivity (Wildman–Crippen MR) is 278 cm³/mol. The highest BCUT2D eigenvalue weighted by Gasteiger charge is 2.27. The number of benzene rings is 6. The van der Waals surface area contributed by atoms with Gasteiger partial charge in [-0.1, -0.05) is 58.8 Å². The Bertz CT molecular complexity index is 4460. The maximum Gasteiger partial charge on any atom is 0.297 e. The summed E-state index contributed by atoms with van der Waals surface area (Å²) in [6.07, 6.45) is -0.222. The van der Waals surface area contributed by atoms with E-state index in [2.05, 4.69) is 40.8 Å². The second-order valence-corrected chi connectivity index (χ2v) is 25.5. The number of hydrogen-bond donors (Lipinski definition) is 7. The predicted octanol–water partition coefficient (Wildman–Crippen LogP) is 8.29. The van der Waals surface area contributed by atoms with Crippen LogP contribution in [0.1, 0.15) is 17.5 Å². The van der Waals surface area contributed by atoms with Gasteiger partial charge in [-0.2, -0.15) is 51.9 Å². The van der Waals surface area contributed by atoms with Crippen LogP contribution in [0.25, 0.3) is 37.9 Å². The van der Waals surface area contributed by atoms with Crippen molar-refractivity contribution < 1.29 is 88.6 Å². The van der Waals surface area contributed by atoms with E-state index in [1.54, 1.807) is 25.1 Å². The SMILES string of the molecule is Cc1cc(N=Nc2ccc3c(S(=O)(=O)O)c(N=Nc4c(-c5ccccc5)nn(-c5cc(S(=O)(=O)O)cc(S(=O)(=O)O)c5)c4O)ccc3c2O)c(OCCCS(=O)(=O)O)cc1N=Nc1nc2c(S(=O)(=O)O)cc(CS(=O)[O-])cc2s1. The summed E-state index contributed by atoms with van der Waals surface area (Å²) >= 11 is -1.80. The zero-order valence-corrected chi connectivity index (χ0v) is 45.1. The molecule has 8 aromatic rings. The molecule has 36 heteroatoms. The first-order chi connectivity index (χ1) is 36.9. The number of fused-ring (bicyclic) bond motifs is 2. The van der Waals surface area contributed by atoms with Gasteiger partial charge in [0, 0.05) is 28.2 Å². The lowest BCUT2D eigenvalue weighted by molar-refractivity contribution is 0.317. The Labute approximate surface area is 452 Å². The van der Waals surface area contributed by atoms with E-state index in [1.807, 2.05) is 0 Å². The molecular formula is C43H34N9O20S7-. The van der Waals surface area contributed by atoms with Crippen LogP contribution in [-0.4, -0.2) is 111 Å². The molecule has 0 bridgehead atoms. The summed E-state index contributed by atoms with van der Waals surface area (Å²) in [5, 5.41) is 51.0. The summed E-state index contributed by atoms with van der Waals surface area (Å²) in [6.45, 7) is 1.22. The van der Waals surface area contributed by atoms with E-state index in [9.17, 15) is 83.8 Å². The molecule has 2 heterocycles. The topological polar surface area (TPSA) is 467 Å². The van der Waals surface area contributed by atoms with E-state index >= 15 is 0 Å². The second-order valence-electron chi connectivity index (χ2n) is 16.4. The number of phenolic OH excluding ortho intramolecular Hbond substituents is 1. The molecule has 1 unspecified atom stereocenters. The van der Waals surface area contributed by atoms with Crippen LogP contribution in [-0.2, 0) is 67.4 Å². The monoisotopic (exact) mass is 1220 g/mol. The number of nitrogens with zero attached hydrogens (tertiary/aromatic N) is 9. The maximum atomic E-state index is 13.1. The molecule has 79 heavy (non-hydrogen) atoms. The molecule has 0 aliphatic rings. The summed E-state index contributed by atoms with van der Waals surface area (Å²) in [6, 6.07) is 18.8. The van der Waals surface area contributed by atoms with Crippen LogP contribution in [0.15, 0.2) is 147 Å². The fraction of sp³-hybridized carbons (Fsp3) is 0.116. The van der Waals surface area contributed by atoms with Crippen LogP contribution in [0.4, 0.5) is 33.6 Å². The maximum absolute atomic E-state index is 13.1. The summed E-state index contributed by atoms with van der Waals surface area (Å²) < 4.78 is 200. The minimum absolute atomic E-state index is 0.0361. The molecule has 0 radical (unpaired) electrons. The molecule has 0 saturated heterocycles. The second kappa shape index (κ2) is 22.0. The van der Waals surface area contributed by atoms with Crippen molar-refractivity contribution in [2.45, 2.75) is 38.7 Å². The Balaban J connectivity index is 1.16. The van der Waals surface area contributed by atoms with Crippen molar-refractivity contribution in [2.24, 2.45) is 30.7 Å². The largest absolute Gasteiger partial charge is 0.772 e. The van der Waals surface area contributed by atoms with E-state index in [-0.39, 0.29) is 78.8 Å². The molecule has 0 spiro atoms. The lowest BCUT2D eigenvalue weighted by Gasteiger charge is -2.11. The minimum Gasteiger partial charge on any atom is -0.772 e. The van der Waals surface area contributed by atoms with Gasteiger partial charge in [-0.15, -0.1) is 30.7 Å². The first kappa shape index (κ1) is 57.7. The van der Waals surface area contributed by atoms with E-state index in [0.29, 0.717) is 28.4 Å². The average Bonchev–Trinajstić information content (AvgIpc) is 4.01. The molecule has 0 aliphatic heterocycles. The molecule has 6 aromatic carbocycles. The van der Waals surface area contributed by atoms with Crippen molar-refractivity contribution in [3.63, 3.8) is 0 Å². The Kier molecular flexibility index (Phi) is 16.1. The van der Waals surface area contributed by atoms with Crippen LogP contribution in [0, 0.1) is 6.92 Å². The Hall–Kier alpha value is -7.46. The molecule has 0 fully saturated rings. The van der Waals surface area contributed by atoms with Crippen molar-refractivity contribution >= 4 is 128 Å². The summed E-state index contributed by atoms with van der Waals surface area (Å²) in [4.78, 5) is 0.484. The highest BCUT2D eigenvalue weighted by Crippen LogP contribution is 2.45. The molecular weight excluding hydrogens is 1190 g/mol. The molecule has 414 valence electrons. The first-order valence-corrected chi connectivity index (χ1v) is 31.0. The molecule has 8 rings (SSSR count). The Morgan fingerprint density at radius 2 is 1.29 bits per heavy atom. The van der Waals surface area contributed by atoms with Gasteiger partial charge in [-0.05, 0) is 79.1 Å². The van der Waals surface area contributed by atoms with Gasteiger partial charge in [0.1, 0.15) is 43.8 Å². The number of aromatic nitrogens is 3. The number of azo groups is 3. The number of ether oxygens (including phenoxy) is 1. The summed E-state index contributed by atoms with van der Waals surface area (Å²) in [5.41, 5.74) is -1.79. The van der Waals surface area contributed by atoms with Gasteiger partial charge in [0.15, 0.2) is 11.4 Å². The van der Waals surface area contributed by atoms with Crippen molar-refractivity contribution in [1.82, 2.24) is 14.8 Å². The van der Waals surface area contributed by atoms with Crippen molar-refractivity contribution in [1.29, 1.82) is 0 Å². The van der Waals surface area contributed by atoms with E-state index in [1.165, 1.54) is 30.3 Å². The van der Waals surface area contributed by atoms with Gasteiger partial charge in [0.25, 0.3) is 50.6 Å². The normalized spacial score (nSPS) is 13.4. The molecule has 7 N–H and O–H groups in total. The number of aromatic hydroxyl groups is 2. The highest BCUT2D eigenvalue weighted by molar-refractivity contribution is 7.87. The fourth-order valence-corrected chi connectivity index (χ4v) is 12.0. The molecule has 0 amide bonds. The third-order valence-corrected chi connectivity index (χ3v) is 16.6. The van der Waals surface area contributed by atoms with Gasteiger partial charge < -0.3 is 19.5 Å². The summed E-state index contributed by atoms with van der Waals surface area (Å²) in [5.74, 6) is -3.04. The zero-order chi connectivity index (χ0) is 57.6. The molecule has 0 saturated carbocycles. The smallest absolute Gasteiger partial charge is 0.297 e. The van der Waals surface area contributed by atoms with Crippen LogP contribution in [0.3, 0.4) is 0 Å². The van der Waals surface area contributed by atoms with Crippen molar-refractivity contribution in [3.05, 3.63) is 108 Å². The van der Waals surface area contributed by atoms with Crippen LogP contribution >= 0.6 is 11.3 Å². The highest BCUT2D eigenvalue weighted by atomic mass is 32.2. The fourth-order valence-electron chi connectivity index (χ4n) is 7.41.